The first-order chi connectivity index (χ1) is 11.3. The Bertz CT molecular complexity index is 703. The largest absolute Gasteiger partial charge is 1.00 e. The molecule has 1 aromatic carbocycles. The maximum Gasteiger partial charge on any atom is 1.00 e. The fourth-order valence-corrected chi connectivity index (χ4v) is 3.10. The van der Waals surface area contributed by atoms with Crippen molar-refractivity contribution in [2.24, 2.45) is 0 Å². The zero-order valence-corrected chi connectivity index (χ0v) is 22.5. The van der Waals surface area contributed by atoms with Crippen LogP contribution in [0, 0.1) is 6.07 Å². The summed E-state index contributed by atoms with van der Waals surface area (Å²) in [6.45, 7) is 9.46. The van der Waals surface area contributed by atoms with Gasteiger partial charge in [-0.25, -0.2) is 13.2 Å². The minimum absolute atomic E-state index is 0. The van der Waals surface area contributed by atoms with Crippen LogP contribution in [0.5, 0.6) is 0 Å². The Kier molecular flexibility index (Phi) is 11.9. The van der Waals surface area contributed by atoms with Crippen LogP contribution in [-0.4, -0.2) is 47.8 Å². The van der Waals surface area contributed by atoms with Crippen LogP contribution < -0.4 is 63.5 Å². The summed E-state index contributed by atoms with van der Waals surface area (Å²) in [7, 11) is -2.65. The molecular formula is C17H27N2O5RbS. The number of amides is 1. The van der Waals surface area contributed by atoms with E-state index in [4.69, 9.17) is 5.11 Å². The normalized spacial score (nSPS) is 11.7. The van der Waals surface area contributed by atoms with Crippen LogP contribution in [0.1, 0.15) is 41.5 Å². The molecule has 9 heteroatoms. The average molecular weight is 457 g/mol. The summed E-state index contributed by atoms with van der Waals surface area (Å²) >= 11 is 0. The zero-order valence-electron chi connectivity index (χ0n) is 16.7. The van der Waals surface area contributed by atoms with E-state index < -0.39 is 33.0 Å². The smallest absolute Gasteiger partial charge is 0.480 e. The van der Waals surface area contributed by atoms with Crippen molar-refractivity contribution in [3.63, 3.8) is 0 Å². The number of carbonyl (C=O) groups excluding carboxylic acids is 1. The van der Waals surface area contributed by atoms with Crippen molar-refractivity contribution in [3.05, 3.63) is 30.3 Å². The van der Waals surface area contributed by atoms with E-state index in [0.29, 0.717) is 0 Å². The number of carboxylic acid groups (broad SMARTS) is 1. The molecule has 0 unspecified atom stereocenters. The summed E-state index contributed by atoms with van der Waals surface area (Å²) in [6, 6.07) is 8.47. The van der Waals surface area contributed by atoms with Crippen molar-refractivity contribution in [2.45, 2.75) is 57.5 Å². The molecule has 1 rings (SSSR count). The number of nitrogens with one attached hydrogen (secondary N) is 1. The molecule has 142 valence electrons. The number of aliphatic carboxylic acids is 1. The van der Waals surface area contributed by atoms with Gasteiger partial charge in [0.05, 0.1) is 0 Å². The predicted octanol–water partition coefficient (Wildman–Crippen LogP) is -1.10. The molecule has 0 spiro atoms. The Balaban J connectivity index is 0. The predicted molar refractivity (Wildman–Crippen MR) is 95.5 cm³/mol. The monoisotopic (exact) mass is 456 g/mol. The van der Waals surface area contributed by atoms with Crippen molar-refractivity contribution >= 4 is 21.9 Å². The Morgan fingerprint density at radius 1 is 1.19 bits per heavy atom. The summed E-state index contributed by atoms with van der Waals surface area (Å²) in [6.07, 6.45) is 0. The maximum atomic E-state index is 12.6. The first kappa shape index (κ1) is 28.1. The van der Waals surface area contributed by atoms with E-state index >= 15 is 0 Å². The molecule has 0 bridgehead atoms. The summed E-state index contributed by atoms with van der Waals surface area (Å²) in [5, 5.41) is 11.4. The fourth-order valence-electron chi connectivity index (χ4n) is 1.63. The third kappa shape index (κ3) is 6.80. The number of hydrogen-bond donors (Lipinski definition) is 2. The maximum absolute atomic E-state index is 12.6. The van der Waals surface area contributed by atoms with Gasteiger partial charge in [-0.2, -0.15) is 34.6 Å². The molecule has 0 aliphatic carbocycles. The summed E-state index contributed by atoms with van der Waals surface area (Å²) < 4.78 is 26.1. The minimum Gasteiger partial charge on any atom is -0.480 e. The first-order valence-electron chi connectivity index (χ1n) is 7.84. The molecule has 0 aliphatic heterocycles. The van der Waals surface area contributed by atoms with Crippen molar-refractivity contribution in [3.8, 4) is 0 Å². The van der Waals surface area contributed by atoms with Gasteiger partial charge in [0.25, 0.3) is 0 Å². The van der Waals surface area contributed by atoms with Gasteiger partial charge < -0.3 is 10.4 Å². The van der Waals surface area contributed by atoms with E-state index in [1.165, 1.54) is 52.9 Å². The molecule has 0 saturated heterocycles. The van der Waals surface area contributed by atoms with E-state index in [1.54, 1.807) is 6.07 Å². The molecule has 0 saturated carbocycles. The second kappa shape index (κ2) is 11.0. The zero-order chi connectivity index (χ0) is 20.1. The van der Waals surface area contributed by atoms with Crippen LogP contribution in [0.15, 0.2) is 29.2 Å². The molecule has 7 nitrogen and oxygen atoms in total. The van der Waals surface area contributed by atoms with E-state index in [9.17, 15) is 18.0 Å². The van der Waals surface area contributed by atoms with Crippen LogP contribution in [-0.2, 0) is 19.6 Å². The minimum atomic E-state index is -3.92. The molecule has 0 radical (unpaired) electrons. The van der Waals surface area contributed by atoms with Gasteiger partial charge in [0.2, 0.25) is 5.91 Å². The Morgan fingerprint density at radius 3 is 2.08 bits per heavy atom. The van der Waals surface area contributed by atoms with E-state index in [0.717, 1.165) is 4.31 Å². The van der Waals surface area contributed by atoms with Gasteiger partial charge in [0, 0.05) is 7.05 Å². The van der Waals surface area contributed by atoms with Gasteiger partial charge in [0.15, 0.2) is 10.0 Å². The van der Waals surface area contributed by atoms with Gasteiger partial charge in [-0.05, 0) is 32.6 Å². The number of sulfonamides is 1. The average Bonchev–Trinajstić information content (AvgIpc) is 2.56. The topological polar surface area (TPSA) is 104 Å². The van der Waals surface area contributed by atoms with E-state index in [-0.39, 0.29) is 63.1 Å². The van der Waals surface area contributed by atoms with Crippen molar-refractivity contribution in [1.29, 1.82) is 0 Å². The molecule has 26 heavy (non-hydrogen) atoms. The van der Waals surface area contributed by atoms with Crippen LogP contribution in [0.25, 0.3) is 0 Å². The molecule has 0 aromatic heterocycles. The third-order valence-corrected chi connectivity index (χ3v) is 5.67. The Hall–Kier alpha value is -0.125. The number of benzene rings is 1. The molecule has 0 aliphatic rings. The van der Waals surface area contributed by atoms with Gasteiger partial charge >= 0.3 is 64.2 Å². The van der Waals surface area contributed by atoms with E-state index in [1.807, 2.05) is 13.8 Å². The van der Waals surface area contributed by atoms with Crippen LogP contribution in [0.4, 0.5) is 0 Å². The number of nitrogens with zero attached hydrogens (tertiary/aromatic N) is 1. The van der Waals surface area contributed by atoms with Crippen LogP contribution in [0.3, 0.4) is 0 Å². The SMILES string of the molecule is CC.CN(C(C)(C)C(=O)NC(C)(C)C(=O)O)S(=O)(=O)c1c[c-]ccc1.[Rb+]. The molecular weight excluding hydrogens is 430 g/mol. The number of carbonyl (C=O) groups is 2. The number of hydrogen-bond acceptors (Lipinski definition) is 4. The van der Waals surface area contributed by atoms with Gasteiger partial charge in [-0.1, -0.05) is 13.8 Å². The second-order valence-corrected chi connectivity index (χ2v) is 8.12. The molecule has 1 aromatic rings. The number of carboxylic acids is 1. The summed E-state index contributed by atoms with van der Waals surface area (Å²) in [5.41, 5.74) is -3.00. The molecule has 0 atom stereocenters. The Labute approximate surface area is 205 Å². The van der Waals surface area contributed by atoms with Gasteiger partial charge in [-0.3, -0.25) is 4.79 Å². The summed E-state index contributed by atoms with van der Waals surface area (Å²) in [5.74, 6) is -1.93. The second-order valence-electron chi connectivity index (χ2n) is 6.15. The van der Waals surface area contributed by atoms with Gasteiger partial charge in [-0.15, -0.1) is 0 Å². The van der Waals surface area contributed by atoms with Gasteiger partial charge in [0.1, 0.15) is 11.1 Å². The molecule has 0 heterocycles. The quantitative estimate of drug-likeness (QED) is 0.529. The van der Waals surface area contributed by atoms with Crippen LogP contribution >= 0.6 is 0 Å². The molecule has 1 amide bonds. The van der Waals surface area contributed by atoms with Crippen molar-refractivity contribution in [2.75, 3.05) is 7.05 Å². The van der Waals surface area contributed by atoms with Crippen LogP contribution in [0.2, 0.25) is 0 Å². The number of rotatable bonds is 6. The summed E-state index contributed by atoms with van der Waals surface area (Å²) in [4.78, 5) is 23.5. The molecule has 2 N–H and O–H groups in total. The Morgan fingerprint density at radius 2 is 1.69 bits per heavy atom. The fraction of sp³-hybridized carbons (Fsp3) is 0.529. The number of likely N-dealkylation sites (N-methyl/N-ethyl adjacent to an activating group) is 1. The third-order valence-electron chi connectivity index (χ3n) is 3.64. The van der Waals surface area contributed by atoms with E-state index in [2.05, 4.69) is 11.4 Å². The molecule has 0 fully saturated rings. The standard InChI is InChI=1S/C15H21N2O5S.C2H6.Rb/c1-14(2,13(19)20)16-12(18)15(3,4)17(5)23(21,22)11-9-7-6-8-10-11;1-2;/h6-7,9-10H,1-5H3,(H,16,18)(H,19,20);1-2H3;/q-1;;+1. The first-order valence-corrected chi connectivity index (χ1v) is 9.28. The van der Waals surface area contributed by atoms with Crippen molar-refractivity contribution < 1.29 is 81.3 Å². The van der Waals surface area contributed by atoms with Crippen molar-refractivity contribution in [1.82, 2.24) is 9.62 Å².